The van der Waals surface area contributed by atoms with Crippen molar-refractivity contribution in [2.45, 2.75) is 26.3 Å². The summed E-state index contributed by atoms with van der Waals surface area (Å²) in [6.45, 7) is 3.12. The first-order valence-electron chi connectivity index (χ1n) is 6.36. The van der Waals surface area contributed by atoms with Gasteiger partial charge in [0.2, 0.25) is 5.95 Å². The van der Waals surface area contributed by atoms with Crippen LogP contribution in [0.15, 0.2) is 30.6 Å². The number of methoxy groups -OCH3 is 1. The van der Waals surface area contributed by atoms with Crippen molar-refractivity contribution < 1.29 is 4.74 Å². The molecule has 0 spiro atoms. The molecular formula is C14H18ClN3O. The minimum atomic E-state index is 0.662. The molecule has 1 N–H and O–H groups in total. The minimum Gasteiger partial charge on any atom is -0.495 e. The van der Waals surface area contributed by atoms with E-state index < -0.39 is 0 Å². The van der Waals surface area contributed by atoms with E-state index in [0.717, 1.165) is 36.8 Å². The zero-order chi connectivity index (χ0) is 13.7. The molecule has 0 amide bonds. The topological polar surface area (TPSA) is 39.1 Å². The number of anilines is 2. The number of hydrogen-bond acceptors (Lipinski definition) is 3. The van der Waals surface area contributed by atoms with E-state index in [1.54, 1.807) is 19.4 Å². The number of benzene rings is 1. The van der Waals surface area contributed by atoms with E-state index in [4.69, 9.17) is 16.3 Å². The van der Waals surface area contributed by atoms with Gasteiger partial charge >= 0.3 is 0 Å². The maximum Gasteiger partial charge on any atom is 0.207 e. The molecule has 0 saturated carbocycles. The summed E-state index contributed by atoms with van der Waals surface area (Å²) in [5.41, 5.74) is 0.818. The lowest BCUT2D eigenvalue weighted by Crippen LogP contribution is -2.04. The van der Waals surface area contributed by atoms with Crippen molar-refractivity contribution in [3.05, 3.63) is 35.6 Å². The van der Waals surface area contributed by atoms with Gasteiger partial charge in [-0.2, -0.15) is 0 Å². The Balaban J connectivity index is 2.21. The smallest absolute Gasteiger partial charge is 0.207 e. The summed E-state index contributed by atoms with van der Waals surface area (Å²) < 4.78 is 7.40. The van der Waals surface area contributed by atoms with Crippen LogP contribution in [0.5, 0.6) is 5.75 Å². The van der Waals surface area contributed by atoms with Gasteiger partial charge in [0.25, 0.3) is 0 Å². The van der Waals surface area contributed by atoms with Crippen LogP contribution in [0, 0.1) is 0 Å². The number of aromatic nitrogens is 2. The van der Waals surface area contributed by atoms with Gasteiger partial charge in [-0.15, -0.1) is 0 Å². The molecule has 1 heterocycles. The highest BCUT2D eigenvalue weighted by atomic mass is 35.5. The van der Waals surface area contributed by atoms with E-state index in [9.17, 15) is 0 Å². The van der Waals surface area contributed by atoms with E-state index in [2.05, 4.69) is 21.8 Å². The van der Waals surface area contributed by atoms with Crippen LogP contribution >= 0.6 is 11.6 Å². The van der Waals surface area contributed by atoms with Crippen LogP contribution in [0.4, 0.5) is 11.6 Å². The summed E-state index contributed by atoms with van der Waals surface area (Å²) in [6.07, 6.45) is 6.03. The fraction of sp³-hybridized carbons (Fsp3) is 0.357. The summed E-state index contributed by atoms with van der Waals surface area (Å²) >= 11 is 6.01. The summed E-state index contributed by atoms with van der Waals surface area (Å²) in [7, 11) is 1.64. The molecule has 0 aliphatic carbocycles. The largest absolute Gasteiger partial charge is 0.495 e. The monoisotopic (exact) mass is 279 g/mol. The van der Waals surface area contributed by atoms with Crippen LogP contribution in [-0.2, 0) is 6.54 Å². The molecule has 0 saturated heterocycles. The lowest BCUT2D eigenvalue weighted by molar-refractivity contribution is 0.416. The predicted molar refractivity (Wildman–Crippen MR) is 78.4 cm³/mol. The zero-order valence-corrected chi connectivity index (χ0v) is 11.9. The maximum absolute atomic E-state index is 6.01. The van der Waals surface area contributed by atoms with Gasteiger partial charge in [0.1, 0.15) is 5.75 Å². The van der Waals surface area contributed by atoms with Gasteiger partial charge in [-0.05, 0) is 24.6 Å². The number of ether oxygens (including phenoxy) is 1. The van der Waals surface area contributed by atoms with Gasteiger partial charge < -0.3 is 14.6 Å². The Bertz CT molecular complexity index is 539. The highest BCUT2D eigenvalue weighted by Gasteiger charge is 2.08. The molecule has 1 aromatic carbocycles. The van der Waals surface area contributed by atoms with Gasteiger partial charge in [-0.3, -0.25) is 0 Å². The second-order valence-corrected chi connectivity index (χ2v) is 4.70. The van der Waals surface area contributed by atoms with Crippen molar-refractivity contribution in [1.29, 1.82) is 0 Å². The number of unbranched alkanes of at least 4 members (excludes halogenated alkanes) is 1. The van der Waals surface area contributed by atoms with Gasteiger partial charge in [0, 0.05) is 24.0 Å². The van der Waals surface area contributed by atoms with Gasteiger partial charge in [-0.1, -0.05) is 24.9 Å². The lowest BCUT2D eigenvalue weighted by Gasteiger charge is -2.12. The number of halogens is 1. The van der Waals surface area contributed by atoms with Crippen LogP contribution in [0.25, 0.3) is 0 Å². The normalized spacial score (nSPS) is 10.5. The van der Waals surface area contributed by atoms with E-state index in [-0.39, 0.29) is 0 Å². The molecule has 4 nitrogen and oxygen atoms in total. The molecule has 2 rings (SSSR count). The number of aryl methyl sites for hydroxylation is 1. The highest BCUT2D eigenvalue weighted by molar-refractivity contribution is 6.30. The van der Waals surface area contributed by atoms with E-state index in [1.165, 1.54) is 0 Å². The Morgan fingerprint density at radius 1 is 1.42 bits per heavy atom. The van der Waals surface area contributed by atoms with E-state index in [1.807, 2.05) is 18.3 Å². The van der Waals surface area contributed by atoms with Crippen molar-refractivity contribution in [2.75, 3.05) is 12.4 Å². The molecule has 0 radical (unpaired) electrons. The summed E-state index contributed by atoms with van der Waals surface area (Å²) in [4.78, 5) is 4.32. The Kier molecular flexibility index (Phi) is 4.68. The van der Waals surface area contributed by atoms with E-state index in [0.29, 0.717) is 5.02 Å². The Morgan fingerprint density at radius 3 is 3.00 bits per heavy atom. The van der Waals surface area contributed by atoms with Gasteiger partial charge in [0.15, 0.2) is 0 Å². The molecule has 19 heavy (non-hydrogen) atoms. The van der Waals surface area contributed by atoms with Gasteiger partial charge in [0.05, 0.1) is 12.8 Å². The van der Waals surface area contributed by atoms with Crippen LogP contribution in [0.3, 0.4) is 0 Å². The second-order valence-electron chi connectivity index (χ2n) is 4.27. The molecular weight excluding hydrogens is 262 g/mol. The standard InChI is InChI=1S/C14H18ClN3O/c1-3-4-8-18-9-7-16-14(18)17-12-10-11(15)5-6-13(12)19-2/h5-7,9-10H,3-4,8H2,1-2H3,(H,16,17). The van der Waals surface area contributed by atoms with Crippen molar-refractivity contribution in [2.24, 2.45) is 0 Å². The molecule has 0 aliphatic rings. The molecule has 0 bridgehead atoms. The number of hydrogen-bond donors (Lipinski definition) is 1. The van der Waals surface area contributed by atoms with Crippen molar-refractivity contribution >= 4 is 23.2 Å². The lowest BCUT2D eigenvalue weighted by atomic mass is 10.3. The van der Waals surface area contributed by atoms with Crippen LogP contribution < -0.4 is 10.1 Å². The first kappa shape index (κ1) is 13.7. The summed E-state index contributed by atoms with van der Waals surface area (Å²) in [5.74, 6) is 1.54. The molecule has 2 aromatic rings. The molecule has 1 aromatic heterocycles. The fourth-order valence-corrected chi connectivity index (χ4v) is 2.01. The quantitative estimate of drug-likeness (QED) is 0.866. The highest BCUT2D eigenvalue weighted by Crippen LogP contribution is 2.30. The fourth-order valence-electron chi connectivity index (χ4n) is 1.84. The molecule has 0 fully saturated rings. The molecule has 0 atom stereocenters. The number of rotatable bonds is 6. The minimum absolute atomic E-state index is 0.662. The number of nitrogens with one attached hydrogen (secondary N) is 1. The third-order valence-corrected chi connectivity index (χ3v) is 3.11. The molecule has 102 valence electrons. The predicted octanol–water partition coefficient (Wildman–Crippen LogP) is 4.09. The van der Waals surface area contributed by atoms with Crippen molar-refractivity contribution in [1.82, 2.24) is 9.55 Å². The first-order chi connectivity index (χ1) is 9.24. The van der Waals surface area contributed by atoms with Crippen LogP contribution in [0.2, 0.25) is 5.02 Å². The van der Waals surface area contributed by atoms with Crippen molar-refractivity contribution in [3.63, 3.8) is 0 Å². The summed E-state index contributed by atoms with van der Waals surface area (Å²) in [6, 6.07) is 5.47. The Hall–Kier alpha value is -1.68. The second kappa shape index (κ2) is 6.48. The number of nitrogens with zero attached hydrogens (tertiary/aromatic N) is 2. The van der Waals surface area contributed by atoms with Gasteiger partial charge in [-0.25, -0.2) is 4.98 Å². The third kappa shape index (κ3) is 3.41. The maximum atomic E-state index is 6.01. The Labute approximate surface area is 118 Å². The average molecular weight is 280 g/mol. The zero-order valence-electron chi connectivity index (χ0n) is 11.2. The average Bonchev–Trinajstić information content (AvgIpc) is 2.84. The molecule has 0 unspecified atom stereocenters. The summed E-state index contributed by atoms with van der Waals surface area (Å²) in [5, 5.41) is 3.93. The first-order valence-corrected chi connectivity index (χ1v) is 6.74. The van der Waals surface area contributed by atoms with Crippen LogP contribution in [0.1, 0.15) is 19.8 Å². The SMILES string of the molecule is CCCCn1ccnc1Nc1cc(Cl)ccc1OC. The Morgan fingerprint density at radius 2 is 2.26 bits per heavy atom. The van der Waals surface area contributed by atoms with Crippen LogP contribution in [-0.4, -0.2) is 16.7 Å². The third-order valence-electron chi connectivity index (χ3n) is 2.88. The molecule has 0 aliphatic heterocycles. The van der Waals surface area contributed by atoms with Crippen molar-refractivity contribution in [3.8, 4) is 5.75 Å². The van der Waals surface area contributed by atoms with E-state index >= 15 is 0 Å². The molecule has 5 heteroatoms. The number of imidazole rings is 1.